The summed E-state index contributed by atoms with van der Waals surface area (Å²) in [7, 11) is 1.36. The summed E-state index contributed by atoms with van der Waals surface area (Å²) >= 11 is 0. The molecule has 3 rings (SSSR count). The third-order valence-electron chi connectivity index (χ3n) is 2.85. The van der Waals surface area contributed by atoms with Crippen LogP contribution in [0, 0.1) is 0 Å². The normalized spacial score (nSPS) is 10.6. The van der Waals surface area contributed by atoms with Crippen molar-refractivity contribution < 1.29 is 9.53 Å². The lowest BCUT2D eigenvalue weighted by Gasteiger charge is -2.00. The molecule has 0 aliphatic heterocycles. The predicted molar refractivity (Wildman–Crippen MR) is 69.8 cm³/mol. The minimum atomic E-state index is -0.395. The maximum atomic E-state index is 11.7. The van der Waals surface area contributed by atoms with Crippen LogP contribution in [0.25, 0.3) is 16.9 Å². The van der Waals surface area contributed by atoms with Gasteiger partial charge in [0, 0.05) is 30.4 Å². The van der Waals surface area contributed by atoms with Gasteiger partial charge in [-0.15, -0.1) is 0 Å². The first-order chi connectivity index (χ1) is 9.29. The van der Waals surface area contributed by atoms with Crippen LogP contribution in [0.3, 0.4) is 0 Å². The van der Waals surface area contributed by atoms with E-state index in [0.717, 1.165) is 11.3 Å². The molecule has 0 fully saturated rings. The highest BCUT2D eigenvalue weighted by atomic mass is 16.5. The van der Waals surface area contributed by atoms with E-state index in [1.807, 2.05) is 24.5 Å². The molecule has 0 aromatic carbocycles. The van der Waals surface area contributed by atoms with Crippen LogP contribution >= 0.6 is 0 Å². The number of pyridine rings is 2. The van der Waals surface area contributed by atoms with Crippen LogP contribution in [-0.2, 0) is 4.74 Å². The monoisotopic (exact) mass is 253 g/mol. The number of carbonyl (C=O) groups excluding carboxylic acids is 1. The molecule has 0 saturated heterocycles. The average molecular weight is 253 g/mol. The van der Waals surface area contributed by atoms with Gasteiger partial charge in [0.25, 0.3) is 0 Å². The number of esters is 1. The lowest BCUT2D eigenvalue weighted by Crippen LogP contribution is -2.03. The van der Waals surface area contributed by atoms with Gasteiger partial charge in [0.2, 0.25) is 0 Å². The van der Waals surface area contributed by atoms with Gasteiger partial charge in [-0.1, -0.05) is 0 Å². The fourth-order valence-electron chi connectivity index (χ4n) is 1.94. The number of hydrogen-bond acceptors (Lipinski definition) is 4. The van der Waals surface area contributed by atoms with Gasteiger partial charge >= 0.3 is 5.97 Å². The molecule has 0 radical (unpaired) electrons. The van der Waals surface area contributed by atoms with Crippen LogP contribution in [0.1, 0.15) is 10.4 Å². The van der Waals surface area contributed by atoms with Crippen molar-refractivity contribution in [2.24, 2.45) is 0 Å². The van der Waals surface area contributed by atoms with Crippen LogP contribution in [-0.4, -0.2) is 27.4 Å². The van der Waals surface area contributed by atoms with E-state index in [2.05, 4.69) is 9.97 Å². The van der Waals surface area contributed by atoms with Gasteiger partial charge < -0.3 is 9.14 Å². The molecule has 3 heterocycles. The Morgan fingerprint density at radius 3 is 2.95 bits per heavy atom. The molecule has 3 aromatic heterocycles. The van der Waals surface area contributed by atoms with E-state index in [9.17, 15) is 4.79 Å². The number of imidazole rings is 1. The van der Waals surface area contributed by atoms with E-state index in [-0.39, 0.29) is 0 Å². The zero-order valence-electron chi connectivity index (χ0n) is 10.3. The Kier molecular flexibility index (Phi) is 2.72. The summed E-state index contributed by atoms with van der Waals surface area (Å²) in [5.74, 6) is -0.395. The quantitative estimate of drug-likeness (QED) is 0.657. The first-order valence-corrected chi connectivity index (χ1v) is 5.76. The summed E-state index contributed by atoms with van der Waals surface area (Å²) in [6, 6.07) is 7.25. The smallest absolute Gasteiger partial charge is 0.341 e. The molecule has 0 saturated carbocycles. The molecule has 3 aromatic rings. The minimum absolute atomic E-state index is 0.395. The average Bonchev–Trinajstić information content (AvgIpc) is 2.91. The number of methoxy groups -OCH3 is 1. The Bertz CT molecular complexity index is 735. The molecular formula is C14H11N3O2. The lowest BCUT2D eigenvalue weighted by atomic mass is 10.2. The molecule has 94 valence electrons. The molecule has 0 unspecified atom stereocenters. The summed E-state index contributed by atoms with van der Waals surface area (Å²) < 4.78 is 6.55. The molecule has 0 spiro atoms. The van der Waals surface area contributed by atoms with Crippen molar-refractivity contribution in [1.82, 2.24) is 14.4 Å². The number of aromatic nitrogens is 3. The van der Waals surface area contributed by atoms with E-state index in [4.69, 9.17) is 4.74 Å². The van der Waals surface area contributed by atoms with Gasteiger partial charge in [-0.3, -0.25) is 4.98 Å². The Morgan fingerprint density at radius 2 is 2.21 bits per heavy atom. The third-order valence-corrected chi connectivity index (χ3v) is 2.85. The maximum Gasteiger partial charge on any atom is 0.341 e. The highest BCUT2D eigenvalue weighted by molar-refractivity contribution is 5.96. The van der Waals surface area contributed by atoms with Crippen LogP contribution in [0.5, 0.6) is 0 Å². The fraction of sp³-hybridized carbons (Fsp3) is 0.0714. The summed E-state index contributed by atoms with van der Waals surface area (Å²) in [6.45, 7) is 0. The standard InChI is InChI=1S/C14H11N3O2/c1-19-14(18)11-5-3-7-17-9-12(16-13(11)17)10-4-2-6-15-8-10/h2-9H,1H3. The Morgan fingerprint density at radius 1 is 1.32 bits per heavy atom. The zero-order valence-corrected chi connectivity index (χ0v) is 10.3. The Labute approximate surface area is 109 Å². The Balaban J connectivity index is 2.19. The highest BCUT2D eigenvalue weighted by Gasteiger charge is 2.13. The van der Waals surface area contributed by atoms with Crippen LogP contribution in [0.2, 0.25) is 0 Å². The summed E-state index contributed by atoms with van der Waals surface area (Å²) in [4.78, 5) is 20.2. The van der Waals surface area contributed by atoms with Crippen LogP contribution < -0.4 is 0 Å². The van der Waals surface area contributed by atoms with Gasteiger partial charge in [0.1, 0.15) is 5.56 Å². The van der Waals surface area contributed by atoms with Crippen molar-refractivity contribution in [3.8, 4) is 11.3 Å². The van der Waals surface area contributed by atoms with E-state index in [1.54, 1.807) is 28.9 Å². The van der Waals surface area contributed by atoms with Crippen molar-refractivity contribution in [1.29, 1.82) is 0 Å². The fourth-order valence-corrected chi connectivity index (χ4v) is 1.94. The molecule has 5 heteroatoms. The van der Waals surface area contributed by atoms with E-state index < -0.39 is 5.97 Å². The van der Waals surface area contributed by atoms with Crippen LogP contribution in [0.15, 0.2) is 49.1 Å². The number of ether oxygens (including phenoxy) is 1. The lowest BCUT2D eigenvalue weighted by molar-refractivity contribution is 0.0602. The molecule has 5 nitrogen and oxygen atoms in total. The van der Waals surface area contributed by atoms with Gasteiger partial charge in [-0.2, -0.15) is 0 Å². The first-order valence-electron chi connectivity index (χ1n) is 5.76. The number of rotatable bonds is 2. The first kappa shape index (κ1) is 11.4. The van der Waals surface area contributed by atoms with Gasteiger partial charge in [0.05, 0.1) is 12.8 Å². The van der Waals surface area contributed by atoms with E-state index in [0.29, 0.717) is 11.2 Å². The van der Waals surface area contributed by atoms with Gasteiger partial charge in [-0.05, 0) is 24.3 Å². The number of hydrogen-bond donors (Lipinski definition) is 0. The molecule has 0 N–H and O–H groups in total. The summed E-state index contributed by atoms with van der Waals surface area (Å²) in [5, 5.41) is 0. The molecule has 0 aliphatic carbocycles. The van der Waals surface area contributed by atoms with Crippen molar-refractivity contribution in [3.05, 3.63) is 54.6 Å². The molecule has 0 bridgehead atoms. The van der Waals surface area contributed by atoms with Crippen molar-refractivity contribution in [2.75, 3.05) is 7.11 Å². The molecular weight excluding hydrogens is 242 g/mol. The van der Waals surface area contributed by atoms with Gasteiger partial charge in [-0.25, -0.2) is 9.78 Å². The zero-order chi connectivity index (χ0) is 13.2. The van der Waals surface area contributed by atoms with E-state index in [1.165, 1.54) is 7.11 Å². The third kappa shape index (κ3) is 1.95. The van der Waals surface area contributed by atoms with Crippen molar-refractivity contribution in [2.45, 2.75) is 0 Å². The SMILES string of the molecule is COC(=O)c1cccn2cc(-c3cccnc3)nc12. The largest absolute Gasteiger partial charge is 0.465 e. The number of fused-ring (bicyclic) bond motifs is 1. The summed E-state index contributed by atoms with van der Waals surface area (Å²) in [5.41, 5.74) is 2.69. The summed E-state index contributed by atoms with van der Waals surface area (Å²) in [6.07, 6.45) is 7.15. The second kappa shape index (κ2) is 4.53. The minimum Gasteiger partial charge on any atom is -0.465 e. The number of carbonyl (C=O) groups is 1. The Hall–Kier alpha value is -2.69. The molecule has 0 atom stereocenters. The highest BCUT2D eigenvalue weighted by Crippen LogP contribution is 2.20. The molecule has 0 amide bonds. The van der Waals surface area contributed by atoms with Crippen molar-refractivity contribution >= 4 is 11.6 Å². The second-order valence-electron chi connectivity index (χ2n) is 4.01. The predicted octanol–water partition coefficient (Wildman–Crippen LogP) is 2.18. The number of nitrogens with zero attached hydrogens (tertiary/aromatic N) is 3. The van der Waals surface area contributed by atoms with Crippen molar-refractivity contribution in [3.63, 3.8) is 0 Å². The second-order valence-corrected chi connectivity index (χ2v) is 4.01. The molecule has 19 heavy (non-hydrogen) atoms. The van der Waals surface area contributed by atoms with Crippen LogP contribution in [0.4, 0.5) is 0 Å². The van der Waals surface area contributed by atoms with E-state index >= 15 is 0 Å². The topological polar surface area (TPSA) is 56.5 Å². The van der Waals surface area contributed by atoms with Gasteiger partial charge in [0.15, 0.2) is 5.65 Å². The molecule has 0 aliphatic rings. The maximum absolute atomic E-state index is 11.7.